The number of ether oxygens (including phenoxy) is 1. The van der Waals surface area contributed by atoms with E-state index in [1.54, 1.807) is 7.11 Å². The molecule has 0 aromatic heterocycles. The van der Waals surface area contributed by atoms with Gasteiger partial charge in [0.05, 0.1) is 7.11 Å². The van der Waals surface area contributed by atoms with Crippen molar-refractivity contribution in [2.24, 2.45) is 0 Å². The quantitative estimate of drug-likeness (QED) is 0.378. The average molecular weight is 524 g/mol. The number of rotatable bonds is 6. The first-order valence-corrected chi connectivity index (χ1v) is 10.9. The van der Waals surface area contributed by atoms with Crippen LogP contribution in [0.3, 0.4) is 0 Å². The van der Waals surface area contributed by atoms with Crippen LogP contribution in [0.15, 0.2) is 71.2 Å². The minimum Gasteiger partial charge on any atom is -0.496 e. The van der Waals surface area contributed by atoms with E-state index in [4.69, 9.17) is 4.74 Å². The van der Waals surface area contributed by atoms with Gasteiger partial charge in [0, 0.05) is 49.3 Å². The second-order valence-corrected chi connectivity index (χ2v) is 8.42. The summed E-state index contributed by atoms with van der Waals surface area (Å²) in [5.74, 6) is 0.989. The summed E-state index contributed by atoms with van der Waals surface area (Å²) >= 11 is 3.53. The number of halogens is 3. The van der Waals surface area contributed by atoms with E-state index in [9.17, 15) is 0 Å². The lowest BCUT2D eigenvalue weighted by molar-refractivity contribution is 0.136. The summed E-state index contributed by atoms with van der Waals surface area (Å²) in [5, 5.41) is 2.57. The lowest BCUT2D eigenvalue weighted by Crippen LogP contribution is -2.45. The molecule has 1 heterocycles. The third kappa shape index (κ3) is 6.71. The van der Waals surface area contributed by atoms with Crippen LogP contribution in [0.5, 0.6) is 5.75 Å². The summed E-state index contributed by atoms with van der Waals surface area (Å²) < 4.78 is 6.79. The Balaban J connectivity index is 0.00000171. The monoisotopic (exact) mass is 522 g/mol. The van der Waals surface area contributed by atoms with Gasteiger partial charge in [-0.25, -0.2) is 0 Å². The Morgan fingerprint density at radius 3 is 2.39 bits per heavy atom. The average Bonchev–Trinajstić information content (AvgIpc) is 2.75. The molecule has 4 rings (SSSR count). The summed E-state index contributed by atoms with van der Waals surface area (Å²) in [5.41, 5.74) is 2.54. The van der Waals surface area contributed by atoms with Gasteiger partial charge in [-0.2, -0.15) is 0 Å². The molecule has 0 aliphatic carbocycles. The lowest BCUT2D eigenvalue weighted by atomic mass is 10.0. The van der Waals surface area contributed by atoms with Gasteiger partial charge < -0.3 is 4.74 Å². The summed E-state index contributed by atoms with van der Waals surface area (Å²) in [4.78, 5) is 5.06. The Morgan fingerprint density at radius 1 is 0.903 bits per heavy atom. The molecule has 3 aromatic carbocycles. The van der Waals surface area contributed by atoms with E-state index >= 15 is 0 Å². The molecule has 0 unspecified atom stereocenters. The number of nitrogens with zero attached hydrogens (tertiary/aromatic N) is 2. The van der Waals surface area contributed by atoms with Crippen molar-refractivity contribution < 1.29 is 4.74 Å². The first-order valence-electron chi connectivity index (χ1n) is 10.1. The Hall–Kier alpha value is -1.56. The first kappa shape index (κ1) is 25.7. The largest absolute Gasteiger partial charge is 0.496 e. The third-order valence-electron chi connectivity index (χ3n) is 5.59. The Bertz CT molecular complexity index is 1000. The van der Waals surface area contributed by atoms with E-state index in [-0.39, 0.29) is 24.8 Å². The molecule has 166 valence electrons. The highest BCUT2D eigenvalue weighted by molar-refractivity contribution is 9.10. The van der Waals surface area contributed by atoms with E-state index in [1.807, 2.05) is 0 Å². The minimum absolute atomic E-state index is 0. The van der Waals surface area contributed by atoms with Crippen molar-refractivity contribution in [1.29, 1.82) is 0 Å². The molecule has 3 aromatic rings. The van der Waals surface area contributed by atoms with Crippen LogP contribution < -0.4 is 4.74 Å². The van der Waals surface area contributed by atoms with Gasteiger partial charge in [0.15, 0.2) is 0 Å². The van der Waals surface area contributed by atoms with Gasteiger partial charge in [-0.3, -0.25) is 9.80 Å². The fourth-order valence-corrected chi connectivity index (χ4v) is 4.39. The molecule has 0 bridgehead atoms. The Kier molecular flexibility index (Phi) is 10.3. The van der Waals surface area contributed by atoms with E-state index in [0.717, 1.165) is 49.5 Å². The minimum atomic E-state index is 0. The topological polar surface area (TPSA) is 15.7 Å². The molecule has 0 amide bonds. The highest BCUT2D eigenvalue weighted by Crippen LogP contribution is 2.29. The smallest absolute Gasteiger partial charge is 0.123 e. The highest BCUT2D eigenvalue weighted by atomic mass is 79.9. The van der Waals surface area contributed by atoms with E-state index in [1.165, 1.54) is 21.9 Å². The van der Waals surface area contributed by atoms with Gasteiger partial charge in [-0.15, -0.1) is 24.8 Å². The molecule has 1 saturated heterocycles. The van der Waals surface area contributed by atoms with Crippen LogP contribution in [-0.2, 0) is 6.54 Å². The standard InChI is InChI=1S/C25H27BrN2O.2ClH/c1-29-25-12-11-21-8-2-3-10-23(21)24(25)19-28-16-14-27(15-17-28)13-5-7-20-6-4-9-22(26)18-20;;/h2-12,18H,13-17,19H2,1H3;2*1H/b7-5+;;. The molecule has 1 aliphatic rings. The lowest BCUT2D eigenvalue weighted by Gasteiger charge is -2.34. The number of piperazine rings is 1. The molecular formula is C25H29BrCl2N2O. The van der Waals surface area contributed by atoms with Crippen molar-refractivity contribution in [3.63, 3.8) is 0 Å². The zero-order valence-corrected chi connectivity index (χ0v) is 20.9. The molecule has 31 heavy (non-hydrogen) atoms. The third-order valence-corrected chi connectivity index (χ3v) is 6.08. The SMILES string of the molecule is COc1ccc2ccccc2c1CN1CCN(C/C=C/c2cccc(Br)c2)CC1.Cl.Cl. The van der Waals surface area contributed by atoms with Gasteiger partial charge in [0.2, 0.25) is 0 Å². The van der Waals surface area contributed by atoms with Crippen molar-refractivity contribution in [2.45, 2.75) is 6.54 Å². The molecule has 0 saturated carbocycles. The van der Waals surface area contributed by atoms with Crippen LogP contribution in [0, 0.1) is 0 Å². The van der Waals surface area contributed by atoms with E-state index in [0.29, 0.717) is 0 Å². The van der Waals surface area contributed by atoms with Crippen LogP contribution in [-0.4, -0.2) is 49.6 Å². The normalized spacial score (nSPS) is 14.9. The number of methoxy groups -OCH3 is 1. The van der Waals surface area contributed by atoms with Crippen LogP contribution >= 0.6 is 40.7 Å². The molecule has 0 spiro atoms. The number of fused-ring (bicyclic) bond motifs is 1. The molecular weight excluding hydrogens is 495 g/mol. The maximum absolute atomic E-state index is 5.67. The molecule has 0 radical (unpaired) electrons. The summed E-state index contributed by atoms with van der Waals surface area (Å²) in [6.07, 6.45) is 4.48. The van der Waals surface area contributed by atoms with Gasteiger partial charge in [-0.1, -0.05) is 70.5 Å². The fourth-order valence-electron chi connectivity index (χ4n) is 3.97. The van der Waals surface area contributed by atoms with Gasteiger partial charge in [0.1, 0.15) is 5.75 Å². The first-order chi connectivity index (χ1) is 14.2. The predicted octanol–water partition coefficient (Wildman–Crippen LogP) is 6.29. The van der Waals surface area contributed by atoms with Crippen molar-refractivity contribution in [2.75, 3.05) is 39.8 Å². The van der Waals surface area contributed by atoms with Crippen LogP contribution in [0.1, 0.15) is 11.1 Å². The van der Waals surface area contributed by atoms with Gasteiger partial charge in [0.25, 0.3) is 0 Å². The molecule has 0 atom stereocenters. The Labute approximate surface area is 206 Å². The maximum Gasteiger partial charge on any atom is 0.123 e. The van der Waals surface area contributed by atoms with Crippen molar-refractivity contribution in [1.82, 2.24) is 9.80 Å². The maximum atomic E-state index is 5.67. The van der Waals surface area contributed by atoms with Crippen molar-refractivity contribution >= 4 is 57.6 Å². The van der Waals surface area contributed by atoms with Crippen LogP contribution in [0.2, 0.25) is 0 Å². The zero-order chi connectivity index (χ0) is 20.1. The molecule has 0 N–H and O–H groups in total. The van der Waals surface area contributed by atoms with Gasteiger partial charge in [-0.05, 0) is 34.5 Å². The zero-order valence-electron chi connectivity index (χ0n) is 17.7. The fraction of sp³-hybridized carbons (Fsp3) is 0.280. The number of benzene rings is 3. The molecule has 1 aliphatic heterocycles. The van der Waals surface area contributed by atoms with Crippen molar-refractivity contribution in [3.8, 4) is 5.75 Å². The molecule has 1 fully saturated rings. The van der Waals surface area contributed by atoms with E-state index in [2.05, 4.69) is 98.5 Å². The summed E-state index contributed by atoms with van der Waals surface area (Å²) in [6, 6.07) is 21.2. The summed E-state index contributed by atoms with van der Waals surface area (Å²) in [6.45, 7) is 6.28. The molecule has 3 nitrogen and oxygen atoms in total. The number of hydrogen-bond donors (Lipinski definition) is 0. The Morgan fingerprint density at radius 2 is 1.65 bits per heavy atom. The van der Waals surface area contributed by atoms with Gasteiger partial charge >= 0.3 is 0 Å². The number of hydrogen-bond acceptors (Lipinski definition) is 3. The second kappa shape index (κ2) is 12.5. The molecule has 6 heteroatoms. The highest BCUT2D eigenvalue weighted by Gasteiger charge is 2.18. The second-order valence-electron chi connectivity index (χ2n) is 7.50. The van der Waals surface area contributed by atoms with E-state index < -0.39 is 0 Å². The van der Waals surface area contributed by atoms with Crippen LogP contribution in [0.25, 0.3) is 16.8 Å². The van der Waals surface area contributed by atoms with Crippen molar-refractivity contribution in [3.05, 3.63) is 82.3 Å². The van der Waals surface area contributed by atoms with Crippen LogP contribution in [0.4, 0.5) is 0 Å². The summed E-state index contributed by atoms with van der Waals surface area (Å²) in [7, 11) is 1.77. The predicted molar refractivity (Wildman–Crippen MR) is 140 cm³/mol.